The lowest BCUT2D eigenvalue weighted by atomic mass is 9.95. The Morgan fingerprint density at radius 1 is 1.02 bits per heavy atom. The Bertz CT molecular complexity index is 1890. The molecule has 0 bridgehead atoms. The predicted molar refractivity (Wildman–Crippen MR) is 150 cm³/mol. The summed E-state index contributed by atoms with van der Waals surface area (Å²) >= 11 is 1.00. The highest BCUT2D eigenvalue weighted by molar-refractivity contribution is 7.89. The highest BCUT2D eigenvalue weighted by atomic mass is 32.2. The molecule has 2 aromatic heterocycles. The predicted octanol–water partition coefficient (Wildman–Crippen LogP) is 5.72. The number of carbonyl (C=O) groups is 1. The van der Waals surface area contributed by atoms with Gasteiger partial charge in [-0.15, -0.1) is 11.3 Å². The number of hydrogen-bond acceptors (Lipinski definition) is 6. The molecule has 8 nitrogen and oxygen atoms in total. The number of halogens is 2. The van der Waals surface area contributed by atoms with Crippen molar-refractivity contribution in [1.29, 1.82) is 0 Å². The normalized spacial score (nSPS) is 16.0. The fourth-order valence-electron chi connectivity index (χ4n) is 4.82. The molecule has 1 unspecified atom stereocenters. The van der Waals surface area contributed by atoms with Crippen molar-refractivity contribution in [3.63, 3.8) is 0 Å². The largest absolute Gasteiger partial charge is 0.476 e. The molecule has 1 atom stereocenters. The molecular formula is C29H22F2N4O4S2. The third kappa shape index (κ3) is 5.29. The van der Waals surface area contributed by atoms with Crippen LogP contribution < -0.4 is 5.14 Å². The molecule has 0 aliphatic heterocycles. The zero-order valence-electron chi connectivity index (χ0n) is 21.2. The van der Waals surface area contributed by atoms with E-state index in [1.165, 1.54) is 22.2 Å². The lowest BCUT2D eigenvalue weighted by Gasteiger charge is -2.10. The second kappa shape index (κ2) is 9.98. The summed E-state index contributed by atoms with van der Waals surface area (Å²) in [5, 5.41) is 20.9. The summed E-state index contributed by atoms with van der Waals surface area (Å²) in [7, 11) is -3.91. The monoisotopic (exact) mass is 592 g/mol. The van der Waals surface area contributed by atoms with Gasteiger partial charge in [0.15, 0.2) is 5.69 Å². The van der Waals surface area contributed by atoms with Crippen molar-refractivity contribution in [3.05, 3.63) is 107 Å². The minimum absolute atomic E-state index is 0.0642. The van der Waals surface area contributed by atoms with Gasteiger partial charge in [-0.05, 0) is 34.9 Å². The minimum atomic E-state index is -3.91. The number of alkyl halides is 2. The number of thiazole rings is 1. The van der Waals surface area contributed by atoms with E-state index in [-0.39, 0.29) is 34.3 Å². The van der Waals surface area contributed by atoms with Gasteiger partial charge < -0.3 is 5.11 Å². The van der Waals surface area contributed by atoms with Gasteiger partial charge in [-0.3, -0.25) is 0 Å². The van der Waals surface area contributed by atoms with E-state index >= 15 is 0 Å². The summed E-state index contributed by atoms with van der Waals surface area (Å²) in [5.74, 6) is -5.33. The van der Waals surface area contributed by atoms with Gasteiger partial charge in [-0.25, -0.2) is 36.8 Å². The van der Waals surface area contributed by atoms with Crippen LogP contribution in [0.25, 0.3) is 27.5 Å². The van der Waals surface area contributed by atoms with Crippen molar-refractivity contribution in [2.75, 3.05) is 0 Å². The van der Waals surface area contributed by atoms with Crippen LogP contribution in [0, 0.1) is 0 Å². The highest BCUT2D eigenvalue weighted by Gasteiger charge is 2.60. The molecule has 1 fully saturated rings. The number of rotatable bonds is 8. The lowest BCUT2D eigenvalue weighted by Crippen LogP contribution is -2.12. The maximum absolute atomic E-state index is 14.7. The summed E-state index contributed by atoms with van der Waals surface area (Å²) in [6, 6.07) is 23.2. The van der Waals surface area contributed by atoms with Crippen LogP contribution in [0.2, 0.25) is 0 Å². The third-order valence-corrected chi connectivity index (χ3v) is 8.69. The molecule has 0 saturated heterocycles. The van der Waals surface area contributed by atoms with Crippen molar-refractivity contribution in [2.45, 2.75) is 29.6 Å². The number of aromatic carboxylic acids is 1. The fourth-order valence-corrected chi connectivity index (χ4v) is 6.10. The van der Waals surface area contributed by atoms with Gasteiger partial charge in [-0.1, -0.05) is 60.7 Å². The molecule has 1 aliphatic rings. The average Bonchev–Trinajstić information content (AvgIpc) is 3.27. The van der Waals surface area contributed by atoms with Crippen LogP contribution in [-0.2, 0) is 16.4 Å². The Balaban J connectivity index is 1.55. The van der Waals surface area contributed by atoms with Crippen LogP contribution in [0.15, 0.2) is 89.1 Å². The molecule has 0 amide bonds. The molecule has 12 heteroatoms. The van der Waals surface area contributed by atoms with Gasteiger partial charge in [-0.2, -0.15) is 5.10 Å². The lowest BCUT2D eigenvalue weighted by molar-refractivity contribution is 0.0691. The van der Waals surface area contributed by atoms with E-state index in [1.807, 2.05) is 54.6 Å². The minimum Gasteiger partial charge on any atom is -0.476 e. The van der Waals surface area contributed by atoms with Crippen molar-refractivity contribution in [1.82, 2.24) is 14.8 Å². The molecule has 5 aromatic rings. The first kappa shape index (κ1) is 26.9. The van der Waals surface area contributed by atoms with E-state index in [9.17, 15) is 27.1 Å². The number of aromatic nitrogens is 3. The summed E-state index contributed by atoms with van der Waals surface area (Å²) in [6.07, 6.45) is -0.217. The molecule has 41 heavy (non-hydrogen) atoms. The first-order valence-electron chi connectivity index (χ1n) is 12.5. The van der Waals surface area contributed by atoms with Crippen LogP contribution in [0.1, 0.15) is 39.6 Å². The number of carboxylic acids is 1. The van der Waals surface area contributed by atoms with E-state index < -0.39 is 27.8 Å². The van der Waals surface area contributed by atoms with Gasteiger partial charge in [0, 0.05) is 29.3 Å². The summed E-state index contributed by atoms with van der Waals surface area (Å²) in [4.78, 5) is 15.6. The molecule has 1 aliphatic carbocycles. The molecule has 208 valence electrons. The number of primary sulfonamides is 1. The topological polar surface area (TPSA) is 128 Å². The zero-order valence-corrected chi connectivity index (χ0v) is 22.9. The molecular weight excluding hydrogens is 570 g/mol. The smallest absolute Gasteiger partial charge is 0.355 e. The first-order valence-corrected chi connectivity index (χ1v) is 14.9. The maximum Gasteiger partial charge on any atom is 0.355 e. The summed E-state index contributed by atoms with van der Waals surface area (Å²) < 4.78 is 54.2. The van der Waals surface area contributed by atoms with E-state index in [4.69, 9.17) is 10.2 Å². The van der Waals surface area contributed by atoms with Crippen LogP contribution in [0.5, 0.6) is 0 Å². The van der Waals surface area contributed by atoms with E-state index in [1.54, 1.807) is 12.1 Å². The van der Waals surface area contributed by atoms with Crippen LogP contribution >= 0.6 is 11.3 Å². The van der Waals surface area contributed by atoms with Crippen molar-refractivity contribution >= 4 is 27.3 Å². The van der Waals surface area contributed by atoms with E-state index in [0.29, 0.717) is 22.4 Å². The number of nitrogens with zero attached hydrogens (tertiary/aromatic N) is 3. The molecule has 1 saturated carbocycles. The molecule has 3 N–H and O–H groups in total. The fraction of sp³-hybridized carbons (Fsp3) is 0.138. The molecule has 0 spiro atoms. The Labute approximate surface area is 237 Å². The summed E-state index contributed by atoms with van der Waals surface area (Å²) in [6.45, 7) is 0. The maximum atomic E-state index is 14.7. The standard InChI is InChI=1S/C29H22F2N4O4S2/c30-29(31)15-23(29)26-22(13-17-9-11-21(12-10-17)41(32,38)39)25(34-35(26)28-33-24(16-40-28)27(36)37)20-8-4-7-19(14-20)18-5-2-1-3-6-18/h1-12,14,16,23H,13,15H2,(H,36,37)(H2,32,38,39). The van der Waals surface area contributed by atoms with Gasteiger partial charge in [0.05, 0.1) is 22.2 Å². The van der Waals surface area contributed by atoms with Crippen LogP contribution in [0.4, 0.5) is 8.78 Å². The molecule has 3 aromatic carbocycles. The Morgan fingerprint density at radius 2 is 1.68 bits per heavy atom. The Hall–Kier alpha value is -4.26. The number of sulfonamides is 1. The Kier molecular flexibility index (Phi) is 6.56. The van der Waals surface area contributed by atoms with Gasteiger partial charge in [0.25, 0.3) is 5.92 Å². The average molecular weight is 593 g/mol. The molecule has 6 rings (SSSR count). The van der Waals surface area contributed by atoms with Gasteiger partial charge in [0.1, 0.15) is 0 Å². The van der Waals surface area contributed by atoms with Crippen molar-refractivity contribution in [2.24, 2.45) is 5.14 Å². The summed E-state index contributed by atoms with van der Waals surface area (Å²) in [5.41, 5.74) is 4.22. The van der Waals surface area contributed by atoms with Crippen LogP contribution in [-0.4, -0.2) is 40.2 Å². The molecule has 0 radical (unpaired) electrons. The van der Waals surface area contributed by atoms with Gasteiger partial charge in [0.2, 0.25) is 15.2 Å². The van der Waals surface area contributed by atoms with E-state index in [2.05, 4.69) is 4.98 Å². The second-order valence-corrected chi connectivity index (χ2v) is 12.2. The number of benzene rings is 3. The first-order chi connectivity index (χ1) is 19.5. The third-order valence-electron chi connectivity index (χ3n) is 6.95. The van der Waals surface area contributed by atoms with Crippen molar-refractivity contribution in [3.8, 4) is 27.5 Å². The number of hydrogen-bond donors (Lipinski definition) is 2. The number of nitrogens with two attached hydrogens (primary N) is 1. The quantitative estimate of drug-likeness (QED) is 0.237. The highest BCUT2D eigenvalue weighted by Crippen LogP contribution is 2.57. The van der Waals surface area contributed by atoms with E-state index in [0.717, 1.165) is 22.5 Å². The van der Waals surface area contributed by atoms with Crippen LogP contribution in [0.3, 0.4) is 0 Å². The van der Waals surface area contributed by atoms with Crippen molar-refractivity contribution < 1.29 is 27.1 Å². The molecule has 2 heterocycles. The zero-order chi connectivity index (χ0) is 28.9. The SMILES string of the molecule is NS(=O)(=O)c1ccc(Cc2c(-c3cccc(-c4ccccc4)c3)nn(-c3nc(C(=O)O)cs3)c2C2CC2(F)F)cc1. The van der Waals surface area contributed by atoms with Gasteiger partial charge >= 0.3 is 5.97 Å². The second-order valence-electron chi connectivity index (χ2n) is 9.77. The number of carboxylic acid groups (broad SMARTS) is 1. The Morgan fingerprint density at radius 3 is 2.29 bits per heavy atom.